The number of hydrogen-bond acceptors (Lipinski definition) is 4. The van der Waals surface area contributed by atoms with Crippen LogP contribution in [0.2, 0.25) is 0 Å². The van der Waals surface area contributed by atoms with Crippen molar-refractivity contribution in [3.8, 4) is 0 Å². The smallest absolute Gasteiger partial charge is 0.223 e. The Hall–Kier alpha value is -2.21. The third-order valence-corrected chi connectivity index (χ3v) is 4.12. The van der Waals surface area contributed by atoms with Crippen LogP contribution in [0.5, 0.6) is 0 Å². The number of ketones is 1. The molecule has 0 heterocycles. The zero-order chi connectivity index (χ0) is 18.7. The maximum absolute atomic E-state index is 12.4. The fourth-order valence-corrected chi connectivity index (χ4v) is 2.67. The van der Waals surface area contributed by atoms with Gasteiger partial charge in [-0.2, -0.15) is 0 Å². The molecule has 0 aliphatic carbocycles. The molecule has 0 aliphatic heterocycles. The lowest BCUT2D eigenvalue weighted by Crippen LogP contribution is -2.36. The summed E-state index contributed by atoms with van der Waals surface area (Å²) in [6, 6.07) is 9.07. The van der Waals surface area contributed by atoms with Crippen LogP contribution in [0, 0.1) is 5.92 Å². The van der Waals surface area contributed by atoms with Crippen molar-refractivity contribution >= 4 is 17.6 Å². The normalized spacial score (nSPS) is 12.9. The van der Waals surface area contributed by atoms with Crippen molar-refractivity contribution in [2.24, 2.45) is 11.7 Å². The number of carbonyl (C=O) groups excluding carboxylic acids is 3. The van der Waals surface area contributed by atoms with Crippen LogP contribution in [-0.4, -0.2) is 37.2 Å². The number of benzene rings is 1. The summed E-state index contributed by atoms with van der Waals surface area (Å²) in [5, 5.41) is 5.34. The average molecular weight is 347 g/mol. The van der Waals surface area contributed by atoms with Crippen LogP contribution in [0.25, 0.3) is 0 Å². The van der Waals surface area contributed by atoms with Gasteiger partial charge in [-0.05, 0) is 31.2 Å². The van der Waals surface area contributed by atoms with Gasteiger partial charge in [0.15, 0.2) is 0 Å². The molecule has 4 N–H and O–H groups in total. The highest BCUT2D eigenvalue weighted by Crippen LogP contribution is 2.15. The van der Waals surface area contributed by atoms with E-state index in [0.29, 0.717) is 19.4 Å². The minimum Gasteiger partial charge on any atom is -0.359 e. The predicted octanol–water partition coefficient (Wildman–Crippen LogP) is 1.18. The lowest BCUT2D eigenvalue weighted by molar-refractivity contribution is -0.129. The second kappa shape index (κ2) is 11.4. The number of rotatable bonds is 11. The van der Waals surface area contributed by atoms with E-state index in [1.165, 1.54) is 6.92 Å². The molecule has 2 amide bonds. The number of hydrogen-bond donors (Lipinski definition) is 3. The number of carbonyl (C=O) groups is 3. The second-order valence-corrected chi connectivity index (χ2v) is 6.26. The first-order valence-electron chi connectivity index (χ1n) is 8.72. The Bertz CT molecular complexity index is 560. The van der Waals surface area contributed by atoms with Crippen LogP contribution in [0.4, 0.5) is 0 Å². The molecule has 0 spiro atoms. The molecule has 6 heteroatoms. The van der Waals surface area contributed by atoms with Crippen LogP contribution in [0.15, 0.2) is 30.3 Å². The van der Waals surface area contributed by atoms with E-state index in [4.69, 9.17) is 5.73 Å². The minimum absolute atomic E-state index is 0.0605. The van der Waals surface area contributed by atoms with Gasteiger partial charge < -0.3 is 16.4 Å². The summed E-state index contributed by atoms with van der Waals surface area (Å²) in [7, 11) is 1.58. The summed E-state index contributed by atoms with van der Waals surface area (Å²) < 4.78 is 0. The highest BCUT2D eigenvalue weighted by molar-refractivity contribution is 5.89. The number of Topliss-reactive ketones (excluding diaryl/α,β-unsaturated/α-hetero) is 1. The SMILES string of the molecule is CNC(=O)[C@@H](CC(=O)[C@@H](N)CCCCNC(C)=O)Cc1ccccc1. The average Bonchev–Trinajstić information content (AvgIpc) is 2.60. The largest absolute Gasteiger partial charge is 0.359 e. The van der Waals surface area contributed by atoms with Gasteiger partial charge in [0.05, 0.1) is 6.04 Å². The molecule has 0 aromatic heterocycles. The van der Waals surface area contributed by atoms with Gasteiger partial charge in [0.25, 0.3) is 0 Å². The van der Waals surface area contributed by atoms with Crippen LogP contribution in [0.3, 0.4) is 0 Å². The molecule has 0 radical (unpaired) electrons. The second-order valence-electron chi connectivity index (χ2n) is 6.26. The van der Waals surface area contributed by atoms with Crippen LogP contribution in [0.1, 0.15) is 38.2 Å². The summed E-state index contributed by atoms with van der Waals surface area (Å²) in [5.74, 6) is -0.709. The van der Waals surface area contributed by atoms with Crippen molar-refractivity contribution in [1.29, 1.82) is 0 Å². The highest BCUT2D eigenvalue weighted by Gasteiger charge is 2.24. The molecule has 138 valence electrons. The third kappa shape index (κ3) is 8.44. The number of nitrogens with one attached hydrogen (secondary N) is 2. The minimum atomic E-state index is -0.569. The maximum atomic E-state index is 12.4. The summed E-state index contributed by atoms with van der Waals surface area (Å²) in [4.78, 5) is 35.2. The van der Waals surface area contributed by atoms with Crippen LogP contribution in [-0.2, 0) is 20.8 Å². The lowest BCUT2D eigenvalue weighted by atomic mass is 9.90. The fraction of sp³-hybridized carbons (Fsp3) is 0.526. The van der Waals surface area contributed by atoms with Crippen molar-refractivity contribution in [1.82, 2.24) is 10.6 Å². The van der Waals surface area contributed by atoms with E-state index in [1.54, 1.807) is 7.05 Å². The molecule has 0 saturated heterocycles. The molecule has 1 aromatic carbocycles. The van der Waals surface area contributed by atoms with E-state index in [2.05, 4.69) is 10.6 Å². The zero-order valence-electron chi connectivity index (χ0n) is 15.1. The van der Waals surface area contributed by atoms with E-state index < -0.39 is 12.0 Å². The number of unbranched alkanes of at least 4 members (excludes halogenated alkanes) is 1. The topological polar surface area (TPSA) is 101 Å². The Balaban J connectivity index is 2.48. The van der Waals surface area contributed by atoms with Crippen molar-refractivity contribution in [3.63, 3.8) is 0 Å². The van der Waals surface area contributed by atoms with E-state index >= 15 is 0 Å². The summed E-state index contributed by atoms with van der Waals surface area (Å²) in [5.41, 5.74) is 7.00. The molecule has 2 atom stereocenters. The van der Waals surface area contributed by atoms with Crippen molar-refractivity contribution in [3.05, 3.63) is 35.9 Å². The lowest BCUT2D eigenvalue weighted by Gasteiger charge is -2.17. The molecular formula is C19H29N3O3. The van der Waals surface area contributed by atoms with Crippen LogP contribution < -0.4 is 16.4 Å². The van der Waals surface area contributed by atoms with E-state index in [0.717, 1.165) is 18.4 Å². The first kappa shape index (κ1) is 20.8. The molecule has 0 saturated carbocycles. The van der Waals surface area contributed by atoms with Gasteiger partial charge in [0.2, 0.25) is 11.8 Å². The zero-order valence-corrected chi connectivity index (χ0v) is 15.1. The van der Waals surface area contributed by atoms with Gasteiger partial charge in [-0.3, -0.25) is 14.4 Å². The fourth-order valence-electron chi connectivity index (χ4n) is 2.67. The summed E-state index contributed by atoms with van der Waals surface area (Å²) in [6.07, 6.45) is 2.76. The van der Waals surface area contributed by atoms with Crippen molar-refractivity contribution < 1.29 is 14.4 Å². The number of amides is 2. The quantitative estimate of drug-likeness (QED) is 0.523. The van der Waals surface area contributed by atoms with Gasteiger partial charge in [0.1, 0.15) is 5.78 Å². The Morgan fingerprint density at radius 2 is 1.80 bits per heavy atom. The maximum Gasteiger partial charge on any atom is 0.223 e. The molecule has 0 bridgehead atoms. The Morgan fingerprint density at radius 1 is 1.12 bits per heavy atom. The third-order valence-electron chi connectivity index (χ3n) is 4.12. The molecule has 1 aromatic rings. The monoisotopic (exact) mass is 347 g/mol. The first-order valence-corrected chi connectivity index (χ1v) is 8.72. The summed E-state index contributed by atoms with van der Waals surface area (Å²) >= 11 is 0. The predicted molar refractivity (Wildman–Crippen MR) is 97.8 cm³/mol. The molecule has 25 heavy (non-hydrogen) atoms. The molecule has 0 fully saturated rings. The van der Waals surface area contributed by atoms with Gasteiger partial charge in [-0.15, -0.1) is 0 Å². The standard InChI is InChI=1S/C19H29N3O3/c1-14(23)22-11-7-6-10-17(20)18(24)13-16(19(25)21-2)12-15-8-4-3-5-9-15/h3-5,8-9,16-17H,6-7,10-13,20H2,1-2H3,(H,21,25)(H,22,23)/t16-,17+/m1/s1. The number of nitrogens with two attached hydrogens (primary N) is 1. The van der Waals surface area contributed by atoms with Gasteiger partial charge in [-0.25, -0.2) is 0 Å². The van der Waals surface area contributed by atoms with Gasteiger partial charge in [0, 0.05) is 32.9 Å². The molecule has 0 aliphatic rings. The van der Waals surface area contributed by atoms with Gasteiger partial charge in [-0.1, -0.05) is 30.3 Å². The van der Waals surface area contributed by atoms with E-state index in [1.807, 2.05) is 30.3 Å². The van der Waals surface area contributed by atoms with Crippen LogP contribution >= 0.6 is 0 Å². The highest BCUT2D eigenvalue weighted by atomic mass is 16.2. The Labute approximate surface area is 149 Å². The first-order chi connectivity index (χ1) is 11.9. The van der Waals surface area contributed by atoms with E-state index in [-0.39, 0.29) is 24.0 Å². The van der Waals surface area contributed by atoms with Crippen molar-refractivity contribution in [2.75, 3.05) is 13.6 Å². The van der Waals surface area contributed by atoms with Gasteiger partial charge >= 0.3 is 0 Å². The molecular weight excluding hydrogens is 318 g/mol. The molecule has 0 unspecified atom stereocenters. The van der Waals surface area contributed by atoms with Crippen molar-refractivity contribution in [2.45, 2.75) is 45.1 Å². The Morgan fingerprint density at radius 3 is 2.40 bits per heavy atom. The summed E-state index contributed by atoms with van der Waals surface area (Å²) in [6.45, 7) is 2.06. The molecule has 1 rings (SSSR count). The molecule has 6 nitrogen and oxygen atoms in total. The Kier molecular flexibility index (Phi) is 9.47. The van der Waals surface area contributed by atoms with E-state index in [9.17, 15) is 14.4 Å².